The second-order valence-corrected chi connectivity index (χ2v) is 5.29. The minimum atomic E-state index is 0.526. The van der Waals surface area contributed by atoms with Crippen molar-refractivity contribution in [3.8, 4) is 0 Å². The predicted octanol–water partition coefficient (Wildman–Crippen LogP) is 3.28. The van der Waals surface area contributed by atoms with Crippen LogP contribution in [0.15, 0.2) is 30.5 Å². The van der Waals surface area contributed by atoms with Crippen molar-refractivity contribution >= 4 is 17.5 Å². The molecule has 1 aromatic carbocycles. The third-order valence-electron chi connectivity index (χ3n) is 3.54. The van der Waals surface area contributed by atoms with E-state index in [-0.39, 0.29) is 0 Å². The largest absolute Gasteiger partial charge is 0.366 e. The van der Waals surface area contributed by atoms with Crippen LogP contribution < -0.4 is 10.6 Å². The molecule has 1 aliphatic rings. The summed E-state index contributed by atoms with van der Waals surface area (Å²) in [5.41, 5.74) is 2.17. The molecule has 5 heteroatoms. The van der Waals surface area contributed by atoms with E-state index >= 15 is 0 Å². The van der Waals surface area contributed by atoms with Crippen LogP contribution >= 0.6 is 0 Å². The summed E-state index contributed by atoms with van der Waals surface area (Å²) in [6.45, 7) is 2.06. The molecule has 2 aromatic rings. The molecule has 5 nitrogen and oxygen atoms in total. The van der Waals surface area contributed by atoms with Crippen LogP contribution in [0.5, 0.6) is 0 Å². The molecular formula is C15H19N5. The lowest BCUT2D eigenvalue weighted by molar-refractivity contribution is 0.747. The first-order valence-electron chi connectivity index (χ1n) is 7.09. The van der Waals surface area contributed by atoms with Crippen molar-refractivity contribution < 1.29 is 0 Å². The minimum absolute atomic E-state index is 0.526. The van der Waals surface area contributed by atoms with E-state index in [0.29, 0.717) is 12.0 Å². The summed E-state index contributed by atoms with van der Waals surface area (Å²) in [7, 11) is 0. The Hall–Kier alpha value is -2.17. The molecule has 0 radical (unpaired) electrons. The van der Waals surface area contributed by atoms with Gasteiger partial charge in [-0.3, -0.25) is 0 Å². The van der Waals surface area contributed by atoms with Crippen LogP contribution in [0, 0.1) is 6.92 Å². The Balaban J connectivity index is 1.70. The minimum Gasteiger partial charge on any atom is -0.366 e. The van der Waals surface area contributed by atoms with Gasteiger partial charge >= 0.3 is 0 Å². The fourth-order valence-corrected chi connectivity index (χ4v) is 2.56. The Morgan fingerprint density at radius 1 is 1.20 bits per heavy atom. The number of hydrogen-bond donors (Lipinski definition) is 2. The zero-order valence-corrected chi connectivity index (χ0v) is 11.6. The van der Waals surface area contributed by atoms with Gasteiger partial charge in [0, 0.05) is 11.7 Å². The zero-order valence-electron chi connectivity index (χ0n) is 11.6. The van der Waals surface area contributed by atoms with Gasteiger partial charge in [-0.15, -0.1) is 5.10 Å². The summed E-state index contributed by atoms with van der Waals surface area (Å²) in [6, 6.07) is 8.64. The van der Waals surface area contributed by atoms with Gasteiger partial charge in [-0.2, -0.15) is 10.1 Å². The van der Waals surface area contributed by atoms with E-state index in [1.54, 1.807) is 6.20 Å². The van der Waals surface area contributed by atoms with Gasteiger partial charge < -0.3 is 10.6 Å². The summed E-state index contributed by atoms with van der Waals surface area (Å²) in [5.74, 6) is 1.32. The average Bonchev–Trinajstić information content (AvgIpc) is 2.92. The molecule has 0 amide bonds. The van der Waals surface area contributed by atoms with E-state index < -0.39 is 0 Å². The van der Waals surface area contributed by atoms with Gasteiger partial charge in [0.15, 0.2) is 5.82 Å². The van der Waals surface area contributed by atoms with Crippen LogP contribution in [0.3, 0.4) is 0 Å². The molecule has 20 heavy (non-hydrogen) atoms. The highest BCUT2D eigenvalue weighted by Gasteiger charge is 2.15. The summed E-state index contributed by atoms with van der Waals surface area (Å²) in [5, 5.41) is 14.6. The highest BCUT2D eigenvalue weighted by atomic mass is 15.3. The predicted molar refractivity (Wildman–Crippen MR) is 80.2 cm³/mol. The van der Waals surface area contributed by atoms with Crippen LogP contribution in [0.2, 0.25) is 0 Å². The summed E-state index contributed by atoms with van der Waals surface area (Å²) < 4.78 is 0. The quantitative estimate of drug-likeness (QED) is 0.892. The molecule has 0 bridgehead atoms. The first kappa shape index (κ1) is 12.8. The van der Waals surface area contributed by atoms with Crippen molar-refractivity contribution in [2.24, 2.45) is 0 Å². The van der Waals surface area contributed by atoms with E-state index in [1.165, 1.54) is 31.2 Å². The van der Waals surface area contributed by atoms with E-state index in [2.05, 4.69) is 44.9 Å². The third-order valence-corrected chi connectivity index (χ3v) is 3.54. The van der Waals surface area contributed by atoms with Gasteiger partial charge in [0.05, 0.1) is 6.20 Å². The number of aryl methyl sites for hydroxylation is 1. The Morgan fingerprint density at radius 3 is 2.85 bits per heavy atom. The normalized spacial score (nSPS) is 15.2. The highest BCUT2D eigenvalue weighted by Crippen LogP contribution is 2.21. The Labute approximate surface area is 118 Å². The third kappa shape index (κ3) is 3.23. The number of nitrogens with one attached hydrogen (secondary N) is 2. The molecule has 2 N–H and O–H groups in total. The zero-order chi connectivity index (χ0) is 13.8. The molecule has 1 saturated carbocycles. The fraction of sp³-hybridized carbons (Fsp3) is 0.400. The van der Waals surface area contributed by atoms with Gasteiger partial charge in [-0.05, 0) is 37.5 Å². The lowest BCUT2D eigenvalue weighted by atomic mass is 10.2. The standard InChI is InChI=1S/C15H19N5/c1-11-5-4-8-13(9-11)18-15-19-14(10-16-20-15)17-12-6-2-3-7-12/h4-5,8-10,12H,2-3,6-7H2,1H3,(H2,17,18,19,20). The first-order chi connectivity index (χ1) is 9.79. The van der Waals surface area contributed by atoms with Crippen molar-refractivity contribution in [3.05, 3.63) is 36.0 Å². The van der Waals surface area contributed by atoms with Crippen molar-refractivity contribution in [2.75, 3.05) is 10.6 Å². The monoisotopic (exact) mass is 269 g/mol. The van der Waals surface area contributed by atoms with Crippen LogP contribution in [0.1, 0.15) is 31.2 Å². The highest BCUT2D eigenvalue weighted by molar-refractivity contribution is 5.55. The van der Waals surface area contributed by atoms with Gasteiger partial charge in [-0.25, -0.2) is 0 Å². The molecule has 1 fully saturated rings. The molecule has 0 unspecified atom stereocenters. The number of hydrogen-bond acceptors (Lipinski definition) is 5. The molecule has 0 saturated heterocycles. The van der Waals surface area contributed by atoms with E-state index in [9.17, 15) is 0 Å². The molecule has 1 heterocycles. The van der Waals surface area contributed by atoms with E-state index in [0.717, 1.165) is 11.5 Å². The van der Waals surface area contributed by atoms with Crippen LogP contribution in [-0.4, -0.2) is 21.2 Å². The molecule has 0 aliphatic heterocycles. The lowest BCUT2D eigenvalue weighted by Gasteiger charge is -2.12. The number of rotatable bonds is 4. The van der Waals surface area contributed by atoms with Gasteiger partial charge in [0.25, 0.3) is 0 Å². The smallest absolute Gasteiger partial charge is 0.249 e. The molecule has 1 aromatic heterocycles. The van der Waals surface area contributed by atoms with Gasteiger partial charge in [-0.1, -0.05) is 25.0 Å². The van der Waals surface area contributed by atoms with E-state index in [4.69, 9.17) is 0 Å². The van der Waals surface area contributed by atoms with Crippen molar-refractivity contribution in [1.29, 1.82) is 0 Å². The van der Waals surface area contributed by atoms with E-state index in [1.807, 2.05) is 12.1 Å². The molecule has 0 spiro atoms. The number of benzene rings is 1. The molecule has 0 atom stereocenters. The lowest BCUT2D eigenvalue weighted by Crippen LogP contribution is -2.16. The summed E-state index contributed by atoms with van der Waals surface area (Å²) >= 11 is 0. The van der Waals surface area contributed by atoms with Crippen LogP contribution in [0.25, 0.3) is 0 Å². The Kier molecular flexibility index (Phi) is 3.76. The number of nitrogens with zero attached hydrogens (tertiary/aromatic N) is 3. The second kappa shape index (κ2) is 5.86. The maximum atomic E-state index is 4.47. The van der Waals surface area contributed by atoms with Crippen molar-refractivity contribution in [1.82, 2.24) is 15.2 Å². The van der Waals surface area contributed by atoms with Crippen LogP contribution in [-0.2, 0) is 0 Å². The number of aromatic nitrogens is 3. The maximum absolute atomic E-state index is 4.47. The molecule has 3 rings (SSSR count). The molecule has 1 aliphatic carbocycles. The Morgan fingerprint density at radius 2 is 2.05 bits per heavy atom. The second-order valence-electron chi connectivity index (χ2n) is 5.29. The maximum Gasteiger partial charge on any atom is 0.249 e. The van der Waals surface area contributed by atoms with Crippen molar-refractivity contribution in [2.45, 2.75) is 38.6 Å². The fourth-order valence-electron chi connectivity index (χ4n) is 2.56. The summed E-state index contributed by atoms with van der Waals surface area (Å²) in [4.78, 5) is 4.47. The molecule has 104 valence electrons. The van der Waals surface area contributed by atoms with Crippen molar-refractivity contribution in [3.63, 3.8) is 0 Å². The first-order valence-corrected chi connectivity index (χ1v) is 7.09. The SMILES string of the molecule is Cc1cccc(Nc2nncc(NC3CCCC3)n2)c1. The number of anilines is 3. The topological polar surface area (TPSA) is 62.7 Å². The average molecular weight is 269 g/mol. The Bertz CT molecular complexity index is 578. The summed E-state index contributed by atoms with van der Waals surface area (Å²) in [6.07, 6.45) is 6.70. The molecular weight excluding hydrogens is 250 g/mol. The van der Waals surface area contributed by atoms with Gasteiger partial charge in [0.1, 0.15) is 0 Å². The van der Waals surface area contributed by atoms with Gasteiger partial charge in [0.2, 0.25) is 5.95 Å². The van der Waals surface area contributed by atoms with Crippen LogP contribution in [0.4, 0.5) is 17.5 Å².